The highest BCUT2D eigenvalue weighted by Gasteiger charge is 2.22. The summed E-state index contributed by atoms with van der Waals surface area (Å²) >= 11 is 1.93. The predicted molar refractivity (Wildman–Crippen MR) is 83.0 cm³/mol. The van der Waals surface area contributed by atoms with Gasteiger partial charge in [-0.1, -0.05) is 6.92 Å². The van der Waals surface area contributed by atoms with Crippen molar-refractivity contribution in [1.29, 1.82) is 0 Å². The van der Waals surface area contributed by atoms with E-state index in [-0.39, 0.29) is 12.4 Å². The fraction of sp³-hybridized carbons (Fsp3) is 0.714. The molecule has 0 radical (unpaired) electrons. The van der Waals surface area contributed by atoms with Crippen molar-refractivity contribution in [2.45, 2.75) is 46.2 Å². The van der Waals surface area contributed by atoms with Crippen LogP contribution in [0.4, 0.5) is 0 Å². The fourth-order valence-electron chi connectivity index (χ4n) is 2.69. The number of thiophene rings is 1. The Kier molecular flexibility index (Phi) is 6.64. The molecule has 1 N–H and O–H groups in total. The zero-order valence-electron chi connectivity index (χ0n) is 11.7. The summed E-state index contributed by atoms with van der Waals surface area (Å²) in [6.07, 6.45) is 2.56. The SMILES string of the molecule is CCCN(Cc1cc(C)sc1C)C1CCNC1.Cl. The summed E-state index contributed by atoms with van der Waals surface area (Å²) in [5.74, 6) is 0. The first-order valence-electron chi connectivity index (χ1n) is 6.71. The maximum absolute atomic E-state index is 3.48. The Morgan fingerprint density at radius 2 is 2.22 bits per heavy atom. The number of halogens is 1. The monoisotopic (exact) mass is 288 g/mol. The summed E-state index contributed by atoms with van der Waals surface area (Å²) in [5.41, 5.74) is 1.54. The van der Waals surface area contributed by atoms with Crippen molar-refractivity contribution in [2.24, 2.45) is 0 Å². The Balaban J connectivity index is 0.00000162. The molecule has 0 spiro atoms. The van der Waals surface area contributed by atoms with Crippen LogP contribution < -0.4 is 5.32 Å². The van der Waals surface area contributed by atoms with Crippen LogP contribution in [-0.2, 0) is 6.54 Å². The van der Waals surface area contributed by atoms with Crippen molar-refractivity contribution in [3.05, 3.63) is 21.4 Å². The minimum atomic E-state index is 0. The van der Waals surface area contributed by atoms with Gasteiger partial charge in [-0.15, -0.1) is 23.7 Å². The molecule has 2 heterocycles. The first-order chi connectivity index (χ1) is 8.20. The van der Waals surface area contributed by atoms with Crippen LogP contribution in [0.2, 0.25) is 0 Å². The van der Waals surface area contributed by atoms with Crippen molar-refractivity contribution in [2.75, 3.05) is 19.6 Å². The van der Waals surface area contributed by atoms with Crippen LogP contribution in [0.3, 0.4) is 0 Å². The lowest BCUT2D eigenvalue weighted by Gasteiger charge is -2.27. The Labute approximate surface area is 121 Å². The molecule has 104 valence electrons. The molecule has 1 fully saturated rings. The average molecular weight is 289 g/mol. The molecule has 0 amide bonds. The van der Waals surface area contributed by atoms with Crippen LogP contribution in [0.25, 0.3) is 0 Å². The summed E-state index contributed by atoms with van der Waals surface area (Å²) in [6, 6.07) is 3.11. The number of aryl methyl sites for hydroxylation is 2. The van der Waals surface area contributed by atoms with E-state index in [1.54, 1.807) is 0 Å². The molecule has 2 rings (SSSR count). The van der Waals surface area contributed by atoms with Crippen LogP contribution in [0, 0.1) is 13.8 Å². The van der Waals surface area contributed by atoms with E-state index in [4.69, 9.17) is 0 Å². The third-order valence-corrected chi connectivity index (χ3v) is 4.59. The third kappa shape index (κ3) is 3.95. The highest BCUT2D eigenvalue weighted by molar-refractivity contribution is 7.12. The molecule has 0 aliphatic carbocycles. The second-order valence-electron chi connectivity index (χ2n) is 5.06. The summed E-state index contributed by atoms with van der Waals surface area (Å²) in [6.45, 7) is 11.5. The van der Waals surface area contributed by atoms with Gasteiger partial charge in [0.05, 0.1) is 0 Å². The van der Waals surface area contributed by atoms with E-state index in [0.717, 1.165) is 12.6 Å². The first kappa shape index (κ1) is 16.0. The van der Waals surface area contributed by atoms with Crippen molar-refractivity contribution in [1.82, 2.24) is 10.2 Å². The second kappa shape index (κ2) is 7.49. The van der Waals surface area contributed by atoms with Crippen LogP contribution in [0.1, 0.15) is 35.1 Å². The smallest absolute Gasteiger partial charge is 0.0248 e. The molecule has 1 aliphatic heterocycles. The van der Waals surface area contributed by atoms with Crippen molar-refractivity contribution in [3.8, 4) is 0 Å². The van der Waals surface area contributed by atoms with E-state index in [2.05, 4.69) is 37.1 Å². The summed E-state index contributed by atoms with van der Waals surface area (Å²) < 4.78 is 0. The molecule has 1 aromatic rings. The van der Waals surface area contributed by atoms with Crippen molar-refractivity contribution < 1.29 is 0 Å². The van der Waals surface area contributed by atoms with Gasteiger partial charge in [-0.25, -0.2) is 0 Å². The maximum Gasteiger partial charge on any atom is 0.0248 e. The predicted octanol–water partition coefficient (Wildman–Crippen LogP) is 3.36. The largest absolute Gasteiger partial charge is 0.315 e. The molecule has 1 atom stereocenters. The Morgan fingerprint density at radius 1 is 1.44 bits per heavy atom. The van der Waals surface area contributed by atoms with E-state index in [0.29, 0.717) is 0 Å². The highest BCUT2D eigenvalue weighted by atomic mass is 35.5. The average Bonchev–Trinajstić information content (AvgIpc) is 2.88. The third-order valence-electron chi connectivity index (χ3n) is 3.58. The Hall–Kier alpha value is -0.0900. The van der Waals surface area contributed by atoms with E-state index >= 15 is 0 Å². The van der Waals surface area contributed by atoms with Gasteiger partial charge < -0.3 is 5.32 Å². The quantitative estimate of drug-likeness (QED) is 0.894. The molecule has 2 nitrogen and oxygen atoms in total. The van der Waals surface area contributed by atoms with E-state index < -0.39 is 0 Å². The van der Waals surface area contributed by atoms with Gasteiger partial charge in [0.2, 0.25) is 0 Å². The van der Waals surface area contributed by atoms with E-state index in [9.17, 15) is 0 Å². The lowest BCUT2D eigenvalue weighted by molar-refractivity contribution is 0.199. The van der Waals surface area contributed by atoms with Crippen LogP contribution in [-0.4, -0.2) is 30.6 Å². The topological polar surface area (TPSA) is 15.3 Å². The van der Waals surface area contributed by atoms with Gasteiger partial charge in [-0.3, -0.25) is 4.90 Å². The minimum Gasteiger partial charge on any atom is -0.315 e. The molecule has 1 aliphatic rings. The van der Waals surface area contributed by atoms with E-state index in [1.165, 1.54) is 47.8 Å². The standard InChI is InChI=1S/C14H24N2S.ClH/c1-4-7-16(14-5-6-15-9-14)10-13-8-11(2)17-12(13)3;/h8,14-15H,4-7,9-10H2,1-3H3;1H. The normalized spacial score (nSPS) is 19.2. The van der Waals surface area contributed by atoms with Gasteiger partial charge in [-0.05, 0) is 51.4 Å². The zero-order chi connectivity index (χ0) is 12.3. The van der Waals surface area contributed by atoms with Gasteiger partial charge in [0.15, 0.2) is 0 Å². The van der Waals surface area contributed by atoms with Gasteiger partial charge in [0.25, 0.3) is 0 Å². The highest BCUT2D eigenvalue weighted by Crippen LogP contribution is 2.23. The number of hydrogen-bond acceptors (Lipinski definition) is 3. The van der Waals surface area contributed by atoms with Crippen LogP contribution in [0.15, 0.2) is 6.07 Å². The van der Waals surface area contributed by atoms with Crippen molar-refractivity contribution >= 4 is 23.7 Å². The van der Waals surface area contributed by atoms with Crippen LogP contribution >= 0.6 is 23.7 Å². The number of hydrogen-bond donors (Lipinski definition) is 1. The lowest BCUT2D eigenvalue weighted by Crippen LogP contribution is -2.36. The maximum atomic E-state index is 3.48. The van der Waals surface area contributed by atoms with Crippen LogP contribution in [0.5, 0.6) is 0 Å². The van der Waals surface area contributed by atoms with Gasteiger partial charge in [-0.2, -0.15) is 0 Å². The first-order valence-corrected chi connectivity index (χ1v) is 7.53. The molecule has 4 heteroatoms. The summed E-state index contributed by atoms with van der Waals surface area (Å²) in [7, 11) is 0. The Morgan fingerprint density at radius 3 is 2.72 bits per heavy atom. The molecule has 1 aromatic heterocycles. The molecule has 18 heavy (non-hydrogen) atoms. The molecule has 1 unspecified atom stereocenters. The van der Waals surface area contributed by atoms with Crippen molar-refractivity contribution in [3.63, 3.8) is 0 Å². The summed E-state index contributed by atoms with van der Waals surface area (Å²) in [5, 5.41) is 3.48. The van der Waals surface area contributed by atoms with Gasteiger partial charge in [0.1, 0.15) is 0 Å². The molecular formula is C14H25ClN2S. The zero-order valence-corrected chi connectivity index (χ0v) is 13.3. The lowest BCUT2D eigenvalue weighted by atomic mass is 10.1. The van der Waals surface area contributed by atoms with E-state index in [1.807, 2.05) is 11.3 Å². The van der Waals surface area contributed by atoms with Gasteiger partial charge >= 0.3 is 0 Å². The second-order valence-corrected chi connectivity index (χ2v) is 6.52. The minimum absolute atomic E-state index is 0. The number of nitrogens with one attached hydrogen (secondary N) is 1. The molecule has 0 bridgehead atoms. The molecule has 1 saturated heterocycles. The molecular weight excluding hydrogens is 264 g/mol. The molecule has 0 saturated carbocycles. The number of nitrogens with zero attached hydrogens (tertiary/aromatic N) is 1. The fourth-order valence-corrected chi connectivity index (χ4v) is 3.63. The molecule has 0 aromatic carbocycles. The Bertz CT molecular complexity index is 359. The summed E-state index contributed by atoms with van der Waals surface area (Å²) in [4.78, 5) is 5.60. The van der Waals surface area contributed by atoms with Gasteiger partial charge in [0, 0.05) is 28.9 Å². The number of rotatable bonds is 5.